The summed E-state index contributed by atoms with van der Waals surface area (Å²) < 4.78 is 0. The number of hydrogen-bond acceptors (Lipinski definition) is 2. The molecule has 2 fully saturated rings. The van der Waals surface area contributed by atoms with Crippen molar-refractivity contribution >= 4 is 0 Å². The van der Waals surface area contributed by atoms with E-state index < -0.39 is 0 Å². The molecule has 5 rings (SSSR count). The molecule has 0 unspecified atom stereocenters. The van der Waals surface area contributed by atoms with Crippen molar-refractivity contribution in [1.82, 2.24) is 10.6 Å². The van der Waals surface area contributed by atoms with Gasteiger partial charge in [0.25, 0.3) is 0 Å². The zero-order valence-electron chi connectivity index (χ0n) is 16.3. The van der Waals surface area contributed by atoms with Gasteiger partial charge in [-0.15, -0.1) is 0 Å². The van der Waals surface area contributed by atoms with Gasteiger partial charge in [-0.05, 0) is 47.1 Å². The summed E-state index contributed by atoms with van der Waals surface area (Å²) >= 11 is 0. The van der Waals surface area contributed by atoms with Crippen molar-refractivity contribution in [2.45, 2.75) is 37.3 Å². The Morgan fingerprint density at radius 3 is 1.93 bits per heavy atom. The Balaban J connectivity index is 1.25. The molecule has 0 spiro atoms. The van der Waals surface area contributed by atoms with Gasteiger partial charge in [0.05, 0.1) is 0 Å². The van der Waals surface area contributed by atoms with Gasteiger partial charge in [0.15, 0.2) is 0 Å². The fourth-order valence-electron chi connectivity index (χ4n) is 4.12. The maximum atomic E-state index is 3.70. The lowest BCUT2D eigenvalue weighted by Crippen LogP contribution is -2.30. The summed E-state index contributed by atoms with van der Waals surface area (Å²) in [5.41, 5.74) is 6.63. The van der Waals surface area contributed by atoms with Crippen LogP contribution < -0.4 is 10.6 Å². The highest BCUT2D eigenvalue weighted by molar-refractivity contribution is 5.83. The van der Waals surface area contributed by atoms with Crippen LogP contribution in [0.1, 0.15) is 30.7 Å². The van der Waals surface area contributed by atoms with E-state index in [2.05, 4.69) is 89.5 Å². The van der Waals surface area contributed by atoms with Crippen LogP contribution >= 0.6 is 0 Å². The highest BCUT2D eigenvalue weighted by Crippen LogP contribution is 2.41. The molecule has 2 aliphatic rings. The second-order valence-corrected chi connectivity index (χ2v) is 8.16. The van der Waals surface area contributed by atoms with Crippen molar-refractivity contribution in [3.8, 4) is 22.3 Å². The zero-order valence-corrected chi connectivity index (χ0v) is 16.3. The van der Waals surface area contributed by atoms with E-state index in [1.807, 2.05) is 0 Å². The average molecular weight is 369 g/mol. The van der Waals surface area contributed by atoms with Crippen LogP contribution in [0, 0.1) is 0 Å². The summed E-state index contributed by atoms with van der Waals surface area (Å²) in [4.78, 5) is 0. The smallest absolute Gasteiger partial charge is 0.0143 e. The molecule has 142 valence electrons. The number of hydrogen-bond donors (Lipinski definition) is 2. The van der Waals surface area contributed by atoms with E-state index in [1.54, 1.807) is 0 Å². The molecular formula is C26H28N2. The molecule has 0 aromatic heterocycles. The molecular weight excluding hydrogens is 340 g/mol. The van der Waals surface area contributed by atoms with Crippen LogP contribution in [0.4, 0.5) is 0 Å². The first-order valence-electron chi connectivity index (χ1n) is 10.6. The second-order valence-electron chi connectivity index (χ2n) is 8.16. The Labute approximate surface area is 168 Å². The van der Waals surface area contributed by atoms with Crippen molar-refractivity contribution in [2.75, 3.05) is 13.1 Å². The van der Waals surface area contributed by atoms with E-state index in [0.717, 1.165) is 19.1 Å². The molecule has 0 saturated heterocycles. The minimum absolute atomic E-state index is 0.656. The van der Waals surface area contributed by atoms with Crippen LogP contribution in [0.2, 0.25) is 0 Å². The lowest BCUT2D eigenvalue weighted by molar-refractivity contribution is 0.600. The minimum atomic E-state index is 0.656. The molecule has 2 heteroatoms. The van der Waals surface area contributed by atoms with Crippen molar-refractivity contribution < 1.29 is 0 Å². The van der Waals surface area contributed by atoms with E-state index in [1.165, 1.54) is 47.1 Å². The monoisotopic (exact) mass is 368 g/mol. The molecule has 0 heterocycles. The Kier molecular flexibility index (Phi) is 4.99. The first kappa shape index (κ1) is 17.7. The highest BCUT2D eigenvalue weighted by Gasteiger charge is 2.37. The summed E-state index contributed by atoms with van der Waals surface area (Å²) in [6.45, 7) is 2.18. The molecule has 0 amide bonds. The average Bonchev–Trinajstić information content (AvgIpc) is 3.68. The second kappa shape index (κ2) is 7.90. The Morgan fingerprint density at radius 2 is 1.25 bits per heavy atom. The molecule has 28 heavy (non-hydrogen) atoms. The third-order valence-electron chi connectivity index (χ3n) is 5.99. The summed E-state index contributed by atoms with van der Waals surface area (Å²) in [7, 11) is 0. The fourth-order valence-corrected chi connectivity index (χ4v) is 4.12. The normalized spacial score (nSPS) is 20.9. The molecule has 0 aliphatic heterocycles. The van der Waals surface area contributed by atoms with Crippen LogP contribution in [-0.2, 0) is 0 Å². The third-order valence-corrected chi connectivity index (χ3v) is 5.99. The zero-order chi connectivity index (χ0) is 18.8. The van der Waals surface area contributed by atoms with Crippen molar-refractivity contribution in [2.24, 2.45) is 0 Å². The van der Waals surface area contributed by atoms with Gasteiger partial charge >= 0.3 is 0 Å². The summed E-state index contributed by atoms with van der Waals surface area (Å²) in [5, 5.41) is 7.28. The van der Waals surface area contributed by atoms with E-state index in [9.17, 15) is 0 Å². The van der Waals surface area contributed by atoms with Gasteiger partial charge in [-0.2, -0.15) is 0 Å². The first-order chi connectivity index (χ1) is 13.9. The van der Waals surface area contributed by atoms with Gasteiger partial charge in [-0.1, -0.05) is 78.9 Å². The number of nitrogens with one attached hydrogen (secondary N) is 2. The van der Waals surface area contributed by atoms with Crippen LogP contribution in [0.25, 0.3) is 22.3 Å². The quantitative estimate of drug-likeness (QED) is 0.533. The summed E-state index contributed by atoms with van der Waals surface area (Å²) in [5.74, 6) is 0.680. The van der Waals surface area contributed by atoms with Gasteiger partial charge in [0.1, 0.15) is 0 Å². The highest BCUT2D eigenvalue weighted by atomic mass is 15.0. The van der Waals surface area contributed by atoms with E-state index in [-0.39, 0.29) is 0 Å². The summed E-state index contributed by atoms with van der Waals surface area (Å²) in [6.07, 6.45) is 4.00. The predicted octanol–water partition coefficient (Wildman–Crippen LogP) is 5.22. The minimum Gasteiger partial charge on any atom is -0.313 e. The Hall–Kier alpha value is -2.42. The molecule has 2 aliphatic carbocycles. The van der Waals surface area contributed by atoms with Gasteiger partial charge in [0.2, 0.25) is 0 Å². The molecule has 2 saturated carbocycles. The Morgan fingerprint density at radius 1 is 0.643 bits per heavy atom. The van der Waals surface area contributed by atoms with Crippen LogP contribution in [-0.4, -0.2) is 25.2 Å². The lowest BCUT2D eigenvalue weighted by Gasteiger charge is -2.11. The maximum absolute atomic E-state index is 3.70. The van der Waals surface area contributed by atoms with Gasteiger partial charge < -0.3 is 10.6 Å². The molecule has 0 bridgehead atoms. The Bertz CT molecular complexity index is 913. The van der Waals surface area contributed by atoms with Crippen LogP contribution in [0.5, 0.6) is 0 Å². The topological polar surface area (TPSA) is 24.1 Å². The lowest BCUT2D eigenvalue weighted by atomic mass is 9.94. The van der Waals surface area contributed by atoms with Crippen molar-refractivity contribution in [1.29, 1.82) is 0 Å². The molecule has 3 aromatic rings. The van der Waals surface area contributed by atoms with Crippen molar-refractivity contribution in [3.05, 3.63) is 84.4 Å². The standard InChI is InChI=1S/C26H28N2/c1-2-6-19(7-3-1)23-8-4-5-9-24(23)20-10-12-21(13-11-20)25-18-26(25)28-17-16-27-22-14-15-22/h1-13,22,25-28H,14-18H2/t25-,26+/m0/s1. The number of benzene rings is 3. The van der Waals surface area contributed by atoms with Crippen LogP contribution in [0.3, 0.4) is 0 Å². The molecule has 2 N–H and O–H groups in total. The summed E-state index contributed by atoms with van der Waals surface area (Å²) in [6, 6.07) is 30.1. The fraction of sp³-hybridized carbons (Fsp3) is 0.308. The largest absolute Gasteiger partial charge is 0.313 e. The van der Waals surface area contributed by atoms with Gasteiger partial charge in [-0.25, -0.2) is 0 Å². The molecule has 3 aromatic carbocycles. The molecule has 2 nitrogen and oxygen atoms in total. The van der Waals surface area contributed by atoms with E-state index in [0.29, 0.717) is 12.0 Å². The molecule has 0 radical (unpaired) electrons. The SMILES string of the molecule is c1ccc(-c2ccccc2-c2ccc([C@@H]3C[C@H]3NCCNC3CC3)cc2)cc1. The molecule has 2 atom stereocenters. The van der Waals surface area contributed by atoms with Gasteiger partial charge in [-0.3, -0.25) is 0 Å². The van der Waals surface area contributed by atoms with E-state index in [4.69, 9.17) is 0 Å². The number of rotatable bonds is 8. The van der Waals surface area contributed by atoms with E-state index >= 15 is 0 Å². The van der Waals surface area contributed by atoms with Crippen LogP contribution in [0.15, 0.2) is 78.9 Å². The first-order valence-corrected chi connectivity index (χ1v) is 10.6. The van der Waals surface area contributed by atoms with Gasteiger partial charge in [0, 0.05) is 31.1 Å². The third kappa shape index (κ3) is 4.04. The maximum Gasteiger partial charge on any atom is 0.0143 e. The van der Waals surface area contributed by atoms with Crippen molar-refractivity contribution in [3.63, 3.8) is 0 Å². The predicted molar refractivity (Wildman–Crippen MR) is 117 cm³/mol.